The second kappa shape index (κ2) is 8.98. The third-order valence-electron chi connectivity index (χ3n) is 5.86. The van der Waals surface area contributed by atoms with Crippen LogP contribution in [-0.4, -0.2) is 40.6 Å². The highest BCUT2D eigenvalue weighted by Gasteiger charge is 2.34. The van der Waals surface area contributed by atoms with E-state index < -0.39 is 0 Å². The van der Waals surface area contributed by atoms with Gasteiger partial charge in [-0.3, -0.25) is 0 Å². The summed E-state index contributed by atoms with van der Waals surface area (Å²) in [6, 6.07) is 13.2. The fraction of sp³-hybridized carbons (Fsp3) is 0.320. The van der Waals surface area contributed by atoms with Gasteiger partial charge in [0, 0.05) is 17.8 Å². The summed E-state index contributed by atoms with van der Waals surface area (Å²) in [5, 5.41) is 8.41. The molecule has 1 atom stereocenters. The molecule has 3 aromatic rings. The van der Waals surface area contributed by atoms with Crippen LogP contribution in [0.5, 0.6) is 17.2 Å². The van der Waals surface area contributed by atoms with Crippen molar-refractivity contribution in [2.24, 2.45) is 5.92 Å². The summed E-state index contributed by atoms with van der Waals surface area (Å²) < 4.78 is 22.2. The Morgan fingerprint density at radius 1 is 1.18 bits per heavy atom. The molecule has 34 heavy (non-hydrogen) atoms. The number of nitrogens with zero attached hydrogens (tertiary/aromatic N) is 3. The molecule has 1 aromatic heterocycles. The number of fused-ring (bicyclic) bond motifs is 1. The molecule has 0 bridgehead atoms. The molecule has 9 heteroatoms. The Hall–Kier alpha value is -3.59. The van der Waals surface area contributed by atoms with Gasteiger partial charge in [0.05, 0.1) is 18.7 Å². The zero-order chi connectivity index (χ0) is 23.8. The molecule has 2 aliphatic rings. The van der Waals surface area contributed by atoms with Crippen molar-refractivity contribution in [2.75, 3.05) is 20.4 Å². The van der Waals surface area contributed by atoms with E-state index in [4.69, 9.17) is 35.9 Å². The Balaban J connectivity index is 1.58. The molecule has 5 rings (SSSR count). The molecule has 0 saturated carbocycles. The molecule has 1 N–H and O–H groups in total. The van der Waals surface area contributed by atoms with Gasteiger partial charge in [0.15, 0.2) is 16.6 Å². The quantitative estimate of drug-likeness (QED) is 0.503. The van der Waals surface area contributed by atoms with Crippen LogP contribution in [0.2, 0.25) is 0 Å². The Labute approximate surface area is 203 Å². The molecule has 176 valence electrons. The Morgan fingerprint density at radius 3 is 2.79 bits per heavy atom. The van der Waals surface area contributed by atoms with Crippen LogP contribution in [0.15, 0.2) is 52.7 Å². The maximum Gasteiger partial charge on any atom is 0.258 e. The van der Waals surface area contributed by atoms with Crippen molar-refractivity contribution < 1.29 is 18.7 Å². The van der Waals surface area contributed by atoms with Crippen LogP contribution in [0.25, 0.3) is 17.0 Å². The van der Waals surface area contributed by atoms with Crippen LogP contribution in [0.3, 0.4) is 0 Å². The average molecular weight is 479 g/mol. The molecule has 8 nitrogen and oxygen atoms in total. The highest BCUT2D eigenvalue weighted by molar-refractivity contribution is 7.80. The van der Waals surface area contributed by atoms with Crippen LogP contribution in [0.1, 0.15) is 38.3 Å². The van der Waals surface area contributed by atoms with Crippen molar-refractivity contribution in [3.8, 4) is 28.6 Å². The number of nitrogens with one attached hydrogen (secondary N) is 1. The zero-order valence-corrected chi connectivity index (χ0v) is 20.3. The molecule has 2 aliphatic heterocycles. The predicted octanol–water partition coefficient (Wildman–Crippen LogP) is 4.79. The number of ether oxygens (including phenoxy) is 3. The van der Waals surface area contributed by atoms with E-state index >= 15 is 0 Å². The van der Waals surface area contributed by atoms with Crippen LogP contribution >= 0.6 is 12.2 Å². The Morgan fingerprint density at radius 2 is 2.00 bits per heavy atom. The third kappa shape index (κ3) is 4.07. The minimum Gasteiger partial charge on any atom is -0.497 e. The number of hydrogen-bond acceptors (Lipinski definition) is 7. The predicted molar refractivity (Wildman–Crippen MR) is 131 cm³/mol. The van der Waals surface area contributed by atoms with E-state index in [2.05, 4.69) is 29.2 Å². The van der Waals surface area contributed by atoms with Gasteiger partial charge in [0.25, 0.3) is 5.89 Å². The van der Waals surface area contributed by atoms with E-state index in [0.717, 1.165) is 34.7 Å². The monoisotopic (exact) mass is 478 g/mol. The smallest absolute Gasteiger partial charge is 0.258 e. The topological polar surface area (TPSA) is 81.9 Å². The first-order chi connectivity index (χ1) is 16.4. The minimum absolute atomic E-state index is 0.210. The number of thiocarbonyl (C=S) groups is 1. The van der Waals surface area contributed by atoms with E-state index in [0.29, 0.717) is 34.2 Å². The number of aromatic nitrogens is 2. The lowest BCUT2D eigenvalue weighted by Gasteiger charge is -2.38. The molecular weight excluding hydrogens is 452 g/mol. The van der Waals surface area contributed by atoms with Crippen molar-refractivity contribution in [2.45, 2.75) is 26.8 Å². The molecule has 3 heterocycles. The van der Waals surface area contributed by atoms with Gasteiger partial charge in [0.2, 0.25) is 12.6 Å². The summed E-state index contributed by atoms with van der Waals surface area (Å²) in [4.78, 5) is 6.86. The number of hydrogen-bond donors (Lipinski definition) is 1. The van der Waals surface area contributed by atoms with Gasteiger partial charge in [0.1, 0.15) is 5.75 Å². The standard InChI is InChI=1S/C25H26N4O4S/c1-14(2)12-29-15(3)21(22(26-25(29)34)16-6-5-7-18(10-16)30-4)24-27-23(28-33-24)17-8-9-19-20(11-17)32-13-31-19/h5-11,14,22H,12-13H2,1-4H3,(H,26,34). The number of benzene rings is 2. The summed E-state index contributed by atoms with van der Waals surface area (Å²) >= 11 is 5.75. The summed E-state index contributed by atoms with van der Waals surface area (Å²) in [5.74, 6) is 3.46. The van der Waals surface area contributed by atoms with Crippen molar-refractivity contribution in [3.63, 3.8) is 0 Å². The fourth-order valence-corrected chi connectivity index (χ4v) is 4.53. The highest BCUT2D eigenvalue weighted by Crippen LogP contribution is 2.39. The van der Waals surface area contributed by atoms with Gasteiger partial charge in [-0.25, -0.2) is 0 Å². The van der Waals surface area contributed by atoms with Gasteiger partial charge in [-0.2, -0.15) is 4.98 Å². The number of methoxy groups -OCH3 is 1. The molecule has 0 fully saturated rings. The first kappa shape index (κ1) is 22.2. The van der Waals surface area contributed by atoms with Crippen molar-refractivity contribution >= 4 is 22.9 Å². The van der Waals surface area contributed by atoms with E-state index in [1.54, 1.807) is 7.11 Å². The fourth-order valence-electron chi connectivity index (χ4n) is 4.20. The van der Waals surface area contributed by atoms with E-state index in [9.17, 15) is 0 Å². The summed E-state index contributed by atoms with van der Waals surface area (Å²) in [6.07, 6.45) is 0. The van der Waals surface area contributed by atoms with Crippen LogP contribution in [0, 0.1) is 5.92 Å². The van der Waals surface area contributed by atoms with Gasteiger partial charge in [-0.05, 0) is 61.0 Å². The lowest BCUT2D eigenvalue weighted by atomic mass is 9.94. The molecule has 0 amide bonds. The molecule has 2 aromatic carbocycles. The van der Waals surface area contributed by atoms with Crippen LogP contribution in [-0.2, 0) is 0 Å². The van der Waals surface area contributed by atoms with Crippen LogP contribution < -0.4 is 19.5 Å². The first-order valence-corrected chi connectivity index (χ1v) is 11.5. The maximum atomic E-state index is 5.81. The second-order valence-electron chi connectivity index (χ2n) is 8.65. The molecular formula is C25H26N4O4S. The summed E-state index contributed by atoms with van der Waals surface area (Å²) in [7, 11) is 1.65. The molecule has 1 unspecified atom stereocenters. The van der Waals surface area contributed by atoms with Crippen LogP contribution in [0.4, 0.5) is 0 Å². The maximum absolute atomic E-state index is 5.81. The summed E-state index contributed by atoms with van der Waals surface area (Å²) in [5.41, 5.74) is 3.63. The van der Waals surface area contributed by atoms with E-state index in [1.807, 2.05) is 49.4 Å². The van der Waals surface area contributed by atoms with Gasteiger partial charge >= 0.3 is 0 Å². The van der Waals surface area contributed by atoms with E-state index in [1.165, 1.54) is 0 Å². The molecule has 0 radical (unpaired) electrons. The lowest BCUT2D eigenvalue weighted by Crippen LogP contribution is -2.47. The van der Waals surface area contributed by atoms with Crippen molar-refractivity contribution in [1.82, 2.24) is 20.4 Å². The minimum atomic E-state index is -0.268. The van der Waals surface area contributed by atoms with Gasteiger partial charge < -0.3 is 29.0 Å². The molecule has 0 saturated heterocycles. The Kier molecular flexibility index (Phi) is 5.87. The summed E-state index contributed by atoms with van der Waals surface area (Å²) in [6.45, 7) is 7.35. The molecule has 0 spiro atoms. The average Bonchev–Trinajstić information content (AvgIpc) is 3.50. The van der Waals surface area contributed by atoms with Crippen molar-refractivity contribution in [1.29, 1.82) is 0 Å². The second-order valence-corrected chi connectivity index (χ2v) is 9.04. The van der Waals surface area contributed by atoms with E-state index in [-0.39, 0.29) is 12.8 Å². The SMILES string of the molecule is COc1cccc(C2NC(=S)N(CC(C)C)C(C)=C2c2nc(-c3ccc4c(c3)OCO4)no2)c1. The Bertz CT molecular complexity index is 1270. The largest absolute Gasteiger partial charge is 0.497 e. The number of rotatable bonds is 6. The van der Waals surface area contributed by atoms with Crippen molar-refractivity contribution in [3.05, 3.63) is 59.6 Å². The number of allylic oxidation sites excluding steroid dienone is 1. The first-order valence-electron chi connectivity index (χ1n) is 11.1. The lowest BCUT2D eigenvalue weighted by molar-refractivity contribution is 0.174. The normalized spacial score (nSPS) is 17.4. The highest BCUT2D eigenvalue weighted by atomic mass is 32.1. The van der Waals surface area contributed by atoms with Gasteiger partial charge in [-0.1, -0.05) is 31.1 Å². The third-order valence-corrected chi connectivity index (χ3v) is 6.20. The van der Waals surface area contributed by atoms with Gasteiger partial charge in [-0.15, -0.1) is 0 Å². The molecule has 0 aliphatic carbocycles. The zero-order valence-electron chi connectivity index (χ0n) is 19.5.